The Labute approximate surface area is 124 Å². The van der Waals surface area contributed by atoms with Crippen molar-refractivity contribution in [3.05, 3.63) is 28.0 Å². The van der Waals surface area contributed by atoms with E-state index in [1.807, 2.05) is 0 Å². The van der Waals surface area contributed by atoms with Gasteiger partial charge in [-0.1, -0.05) is 6.92 Å². The molecule has 1 atom stereocenters. The molecule has 7 heteroatoms. The summed E-state index contributed by atoms with van der Waals surface area (Å²) in [5.41, 5.74) is 1.03. The van der Waals surface area contributed by atoms with Crippen LogP contribution in [-0.4, -0.2) is 23.7 Å². The van der Waals surface area contributed by atoms with Gasteiger partial charge in [-0.2, -0.15) is 0 Å². The molecule has 1 aromatic carbocycles. The number of hydrogen-bond acceptors (Lipinski definition) is 2. The lowest BCUT2D eigenvalue weighted by Crippen LogP contribution is -2.35. The normalized spacial score (nSPS) is 11.8. The molecule has 0 aliphatic rings. The summed E-state index contributed by atoms with van der Waals surface area (Å²) in [6.07, 6.45) is 0.418. The second kappa shape index (κ2) is 7.23. The van der Waals surface area contributed by atoms with Crippen molar-refractivity contribution >= 4 is 33.6 Å². The van der Waals surface area contributed by atoms with Crippen molar-refractivity contribution in [3.8, 4) is 0 Å². The average molecular weight is 347 g/mol. The van der Waals surface area contributed by atoms with E-state index in [-0.39, 0.29) is 6.54 Å². The van der Waals surface area contributed by atoms with Gasteiger partial charge >= 0.3 is 12.0 Å². The third-order valence-corrected chi connectivity index (χ3v) is 3.47. The zero-order chi connectivity index (χ0) is 15.3. The maximum absolute atomic E-state index is 13.4. The average Bonchev–Trinajstić information content (AvgIpc) is 2.36. The van der Waals surface area contributed by atoms with Crippen LogP contribution in [0.1, 0.15) is 18.9 Å². The highest BCUT2D eigenvalue weighted by Crippen LogP contribution is 2.23. The predicted molar refractivity (Wildman–Crippen MR) is 77.3 cm³/mol. The Morgan fingerprint density at radius 1 is 1.45 bits per heavy atom. The van der Waals surface area contributed by atoms with Gasteiger partial charge in [-0.15, -0.1) is 0 Å². The second-order valence-electron chi connectivity index (χ2n) is 4.36. The summed E-state index contributed by atoms with van der Waals surface area (Å²) in [4.78, 5) is 22.5. The largest absolute Gasteiger partial charge is 0.481 e. The molecule has 0 saturated heterocycles. The van der Waals surface area contributed by atoms with Gasteiger partial charge in [0.05, 0.1) is 10.4 Å². The Balaban J connectivity index is 2.63. The zero-order valence-electron chi connectivity index (χ0n) is 11.2. The number of carboxylic acids is 1. The van der Waals surface area contributed by atoms with E-state index >= 15 is 0 Å². The summed E-state index contributed by atoms with van der Waals surface area (Å²) in [5.74, 6) is -2.08. The molecule has 0 aromatic heterocycles. The summed E-state index contributed by atoms with van der Waals surface area (Å²) in [5, 5.41) is 13.8. The van der Waals surface area contributed by atoms with Crippen LogP contribution >= 0.6 is 15.9 Å². The van der Waals surface area contributed by atoms with E-state index in [1.165, 1.54) is 6.07 Å². The summed E-state index contributed by atoms with van der Waals surface area (Å²) in [6.45, 7) is 3.48. The standard InChI is InChI=1S/C13H16BrFN2O3/c1-3-8(12(18)19)6-16-13(20)17-11-5-10(15)9(14)4-7(11)2/h4-5,8H,3,6H2,1-2H3,(H,18,19)(H2,16,17,20). The van der Waals surface area contributed by atoms with Crippen molar-refractivity contribution in [2.24, 2.45) is 5.92 Å². The Morgan fingerprint density at radius 3 is 2.65 bits per heavy atom. The highest BCUT2D eigenvalue weighted by atomic mass is 79.9. The van der Waals surface area contributed by atoms with Crippen LogP contribution in [0.4, 0.5) is 14.9 Å². The number of carboxylic acid groups (broad SMARTS) is 1. The van der Waals surface area contributed by atoms with Gasteiger partial charge in [0.25, 0.3) is 0 Å². The fourth-order valence-corrected chi connectivity index (χ4v) is 2.03. The van der Waals surface area contributed by atoms with E-state index in [9.17, 15) is 14.0 Å². The van der Waals surface area contributed by atoms with Gasteiger partial charge in [-0.3, -0.25) is 4.79 Å². The van der Waals surface area contributed by atoms with Gasteiger partial charge in [0.2, 0.25) is 0 Å². The molecule has 0 aliphatic heterocycles. The molecular weight excluding hydrogens is 331 g/mol. The zero-order valence-corrected chi connectivity index (χ0v) is 12.8. The van der Waals surface area contributed by atoms with Crippen LogP contribution in [0.5, 0.6) is 0 Å². The van der Waals surface area contributed by atoms with Gasteiger partial charge in [0.1, 0.15) is 5.82 Å². The molecule has 0 fully saturated rings. The summed E-state index contributed by atoms with van der Waals surface area (Å²) in [6, 6.07) is 2.19. The molecule has 20 heavy (non-hydrogen) atoms. The molecule has 1 unspecified atom stereocenters. The van der Waals surface area contributed by atoms with Crippen molar-refractivity contribution in [2.75, 3.05) is 11.9 Å². The first-order valence-electron chi connectivity index (χ1n) is 6.08. The summed E-state index contributed by atoms with van der Waals surface area (Å²) >= 11 is 3.05. The number of benzene rings is 1. The molecule has 2 amide bonds. The van der Waals surface area contributed by atoms with Crippen LogP contribution in [-0.2, 0) is 4.79 Å². The number of halogens is 2. The number of carbonyl (C=O) groups excluding carboxylic acids is 1. The Hall–Kier alpha value is -1.63. The smallest absolute Gasteiger partial charge is 0.319 e. The lowest BCUT2D eigenvalue weighted by Gasteiger charge is -2.13. The first kappa shape index (κ1) is 16.4. The van der Waals surface area contributed by atoms with Crippen LogP contribution in [0.3, 0.4) is 0 Å². The molecule has 3 N–H and O–H groups in total. The fraction of sp³-hybridized carbons (Fsp3) is 0.385. The summed E-state index contributed by atoms with van der Waals surface area (Å²) < 4.78 is 13.7. The highest BCUT2D eigenvalue weighted by molar-refractivity contribution is 9.10. The molecule has 0 saturated carbocycles. The number of anilines is 1. The van der Waals surface area contributed by atoms with Gasteiger partial charge in [0, 0.05) is 12.2 Å². The third kappa shape index (κ3) is 4.48. The second-order valence-corrected chi connectivity index (χ2v) is 5.21. The monoisotopic (exact) mass is 346 g/mol. The molecule has 0 radical (unpaired) electrons. The molecule has 5 nitrogen and oxygen atoms in total. The third-order valence-electron chi connectivity index (χ3n) is 2.87. The Bertz CT molecular complexity index is 523. The number of aliphatic carboxylic acids is 1. The van der Waals surface area contributed by atoms with Gasteiger partial charge in [0.15, 0.2) is 0 Å². The minimum Gasteiger partial charge on any atom is -0.481 e. The first-order valence-corrected chi connectivity index (χ1v) is 6.87. The molecule has 110 valence electrons. The number of rotatable bonds is 5. The van der Waals surface area contributed by atoms with Crippen LogP contribution in [0.15, 0.2) is 16.6 Å². The molecular formula is C13H16BrFN2O3. The van der Waals surface area contributed by atoms with E-state index < -0.39 is 23.7 Å². The minimum atomic E-state index is -0.960. The molecule has 1 aromatic rings. The quantitative estimate of drug-likeness (QED) is 0.766. The number of urea groups is 1. The number of hydrogen-bond donors (Lipinski definition) is 3. The number of carbonyl (C=O) groups is 2. The van der Waals surface area contributed by atoms with E-state index in [1.54, 1.807) is 19.9 Å². The van der Waals surface area contributed by atoms with E-state index in [4.69, 9.17) is 5.11 Å². The van der Waals surface area contributed by atoms with Gasteiger partial charge in [-0.05, 0) is 47.0 Å². The van der Waals surface area contributed by atoms with Crippen molar-refractivity contribution < 1.29 is 19.1 Å². The first-order chi connectivity index (χ1) is 9.35. The molecule has 1 rings (SSSR count). The van der Waals surface area contributed by atoms with Gasteiger partial charge < -0.3 is 15.7 Å². The number of nitrogens with one attached hydrogen (secondary N) is 2. The van der Waals surface area contributed by atoms with E-state index in [0.717, 1.165) is 0 Å². The number of amides is 2. The van der Waals surface area contributed by atoms with E-state index in [0.29, 0.717) is 22.1 Å². The molecule has 0 heterocycles. The maximum Gasteiger partial charge on any atom is 0.319 e. The lowest BCUT2D eigenvalue weighted by atomic mass is 10.1. The van der Waals surface area contributed by atoms with Crippen molar-refractivity contribution in [2.45, 2.75) is 20.3 Å². The van der Waals surface area contributed by atoms with Crippen molar-refractivity contribution in [1.82, 2.24) is 5.32 Å². The Kier molecular flexibility index (Phi) is 5.94. The van der Waals surface area contributed by atoms with E-state index in [2.05, 4.69) is 26.6 Å². The van der Waals surface area contributed by atoms with Crippen LogP contribution < -0.4 is 10.6 Å². The van der Waals surface area contributed by atoms with Gasteiger partial charge in [-0.25, -0.2) is 9.18 Å². The lowest BCUT2D eigenvalue weighted by molar-refractivity contribution is -0.141. The maximum atomic E-state index is 13.4. The van der Waals surface area contributed by atoms with Crippen molar-refractivity contribution in [3.63, 3.8) is 0 Å². The highest BCUT2D eigenvalue weighted by Gasteiger charge is 2.16. The molecule has 0 spiro atoms. The van der Waals surface area contributed by atoms with Crippen molar-refractivity contribution in [1.29, 1.82) is 0 Å². The topological polar surface area (TPSA) is 78.4 Å². The van der Waals surface area contributed by atoms with Crippen LogP contribution in [0.25, 0.3) is 0 Å². The number of aryl methyl sites for hydroxylation is 1. The predicted octanol–water partition coefficient (Wildman–Crippen LogP) is 3.13. The summed E-state index contributed by atoms with van der Waals surface area (Å²) in [7, 11) is 0. The fourth-order valence-electron chi connectivity index (χ4n) is 1.57. The Morgan fingerprint density at radius 2 is 2.10 bits per heavy atom. The molecule has 0 aliphatic carbocycles. The molecule has 0 bridgehead atoms. The van der Waals surface area contributed by atoms with Crippen LogP contribution in [0, 0.1) is 18.7 Å². The minimum absolute atomic E-state index is 0.0235. The SMILES string of the molecule is CCC(CNC(=O)Nc1cc(F)c(Br)cc1C)C(=O)O. The van der Waals surface area contributed by atoms with Crippen LogP contribution in [0.2, 0.25) is 0 Å².